The molecular weight excluding hydrogens is 671 g/mol. The van der Waals surface area contributed by atoms with Gasteiger partial charge in [-0.05, 0) is 43.4 Å². The van der Waals surface area contributed by atoms with Crippen molar-refractivity contribution in [3.63, 3.8) is 0 Å². The number of ether oxygens (including phenoxy) is 1. The lowest BCUT2D eigenvalue weighted by Gasteiger charge is -2.56. The minimum Gasteiger partial charge on any atom is -0.461 e. The number of carbonyl (C=O) groups excluding carboxylic acids is 1. The number of alkyl halides is 3. The summed E-state index contributed by atoms with van der Waals surface area (Å²) in [5.74, 6) is -2.76. The molecule has 3 saturated heterocycles. The van der Waals surface area contributed by atoms with E-state index in [-0.39, 0.29) is 72.5 Å². The predicted octanol–water partition coefficient (Wildman–Crippen LogP) is 4.60. The Bertz CT molecular complexity index is 1890. The lowest BCUT2D eigenvalue weighted by atomic mass is 9.62. The summed E-state index contributed by atoms with van der Waals surface area (Å²) in [6, 6.07) is 9.65. The Kier molecular flexibility index (Phi) is 7.95. The van der Waals surface area contributed by atoms with Gasteiger partial charge < -0.3 is 19.4 Å². The molecule has 50 heavy (non-hydrogen) atoms. The molecule has 15 heteroatoms. The van der Waals surface area contributed by atoms with Crippen LogP contribution in [0.5, 0.6) is 6.01 Å². The molecule has 1 amide bonds. The molecule has 1 aliphatic carbocycles. The topological polar surface area (TPSA) is 107 Å². The molecule has 11 nitrogen and oxygen atoms in total. The number of aryl methyl sites for hydroxylation is 2. The van der Waals surface area contributed by atoms with Crippen molar-refractivity contribution in [2.75, 3.05) is 63.2 Å². The third kappa shape index (κ3) is 5.10. The van der Waals surface area contributed by atoms with Gasteiger partial charge in [-0.2, -0.15) is 20.3 Å². The first-order valence-electron chi connectivity index (χ1n) is 17.2. The second-order valence-corrected chi connectivity index (χ2v) is 15.0. The Morgan fingerprint density at radius 1 is 1.10 bits per heavy atom. The average molecular weight is 710 g/mol. The number of hydrogen-bond donors (Lipinski definition) is 0. The summed E-state index contributed by atoms with van der Waals surface area (Å²) in [4.78, 5) is 29.5. The molecule has 1 spiro atoms. The Hall–Kier alpha value is -4.09. The molecule has 2 aromatic heterocycles. The minimum atomic E-state index is -2.95. The fourth-order valence-electron chi connectivity index (χ4n) is 8.79. The molecule has 4 aliphatic heterocycles. The zero-order valence-electron chi connectivity index (χ0n) is 28.1. The van der Waals surface area contributed by atoms with Gasteiger partial charge in [0.15, 0.2) is 17.3 Å². The molecule has 0 radical (unpaired) electrons. The number of nitrogens with zero attached hydrogens (tertiary/aromatic N) is 9. The SMILES string of the molecule is CN(C)C(=O)c1nn2c(c1Cl)CN(c1nc(OC[C@@]34CCCN3C[C@H](F)C4)nc(N3CC4(C3)c3ccccc3CCC4(F)F)c1C#N)CCC2. The molecule has 0 bridgehead atoms. The van der Waals surface area contributed by atoms with Gasteiger partial charge in [-0.25, -0.2) is 13.2 Å². The van der Waals surface area contributed by atoms with Crippen molar-refractivity contribution in [3.05, 3.63) is 57.4 Å². The summed E-state index contributed by atoms with van der Waals surface area (Å²) in [7, 11) is 3.26. The second-order valence-electron chi connectivity index (χ2n) is 14.6. The van der Waals surface area contributed by atoms with Crippen molar-refractivity contribution in [1.82, 2.24) is 29.5 Å². The highest BCUT2D eigenvalue weighted by molar-refractivity contribution is 6.34. The van der Waals surface area contributed by atoms with Crippen molar-refractivity contribution in [2.45, 2.75) is 74.7 Å². The highest BCUT2D eigenvalue weighted by Gasteiger charge is 2.64. The van der Waals surface area contributed by atoms with Crippen LogP contribution in [0.1, 0.15) is 65.0 Å². The van der Waals surface area contributed by atoms with Gasteiger partial charge >= 0.3 is 6.01 Å². The lowest BCUT2D eigenvalue weighted by molar-refractivity contribution is -0.104. The maximum atomic E-state index is 15.8. The summed E-state index contributed by atoms with van der Waals surface area (Å²) in [6.07, 6.45) is 1.79. The van der Waals surface area contributed by atoms with Crippen molar-refractivity contribution in [2.24, 2.45) is 0 Å². The third-order valence-corrected chi connectivity index (χ3v) is 11.8. The summed E-state index contributed by atoms with van der Waals surface area (Å²) in [5, 5.41) is 15.4. The fourth-order valence-corrected chi connectivity index (χ4v) is 9.06. The summed E-state index contributed by atoms with van der Waals surface area (Å²) in [5.41, 5.74) is 0.549. The zero-order chi connectivity index (χ0) is 35.0. The van der Waals surface area contributed by atoms with Gasteiger partial charge in [-0.3, -0.25) is 14.4 Å². The first-order chi connectivity index (χ1) is 23.9. The molecule has 0 saturated carbocycles. The minimum absolute atomic E-state index is 0.00149. The first-order valence-corrected chi connectivity index (χ1v) is 17.6. The van der Waals surface area contributed by atoms with Crippen LogP contribution in [-0.2, 0) is 24.9 Å². The number of carbonyl (C=O) groups is 1. The number of amides is 1. The fraction of sp³-hybridized carbons (Fsp3) is 0.571. The number of halogens is 4. The van der Waals surface area contributed by atoms with Crippen molar-refractivity contribution in [3.8, 4) is 12.1 Å². The van der Waals surface area contributed by atoms with E-state index in [1.807, 2.05) is 17.0 Å². The van der Waals surface area contributed by atoms with Crippen LogP contribution < -0.4 is 14.5 Å². The van der Waals surface area contributed by atoms with Crippen LogP contribution in [0.25, 0.3) is 0 Å². The van der Waals surface area contributed by atoms with Crippen LogP contribution in [0.3, 0.4) is 0 Å². The van der Waals surface area contributed by atoms with Gasteiger partial charge in [0.1, 0.15) is 24.4 Å². The Balaban J connectivity index is 1.18. The van der Waals surface area contributed by atoms with E-state index in [2.05, 4.69) is 16.1 Å². The standard InChI is InChI=1S/C35H39ClF3N9O2/c1-44(2)31(49)28-27(36)26-18-45(12-6-14-48(26)43-28)29-24(16-40)30(42-32(41-29)50-21-33-10-5-13-47(33)17-23(37)15-33)46-19-34(20-46)25-8-4-3-7-22(25)9-11-35(34,38)39/h3-4,7-8,23H,5-6,9-15,17-21H2,1-2H3/t23-,33+/m1/s1. The number of aromatic nitrogens is 4. The zero-order valence-corrected chi connectivity index (χ0v) is 28.9. The summed E-state index contributed by atoms with van der Waals surface area (Å²) in [6.45, 7) is 2.41. The molecule has 5 aliphatic rings. The highest BCUT2D eigenvalue weighted by atomic mass is 35.5. The normalized spacial score (nSPS) is 24.9. The molecule has 264 valence electrons. The number of rotatable bonds is 6. The van der Waals surface area contributed by atoms with Gasteiger partial charge in [-0.1, -0.05) is 35.9 Å². The highest BCUT2D eigenvalue weighted by Crippen LogP contribution is 2.54. The molecular formula is C35H39ClF3N9O2. The molecule has 8 rings (SSSR count). The maximum absolute atomic E-state index is 15.8. The van der Waals surface area contributed by atoms with Gasteiger partial charge in [0.05, 0.1) is 28.2 Å². The summed E-state index contributed by atoms with van der Waals surface area (Å²) >= 11 is 6.77. The van der Waals surface area contributed by atoms with E-state index in [0.717, 1.165) is 24.9 Å². The lowest BCUT2D eigenvalue weighted by Crippen LogP contribution is -2.69. The van der Waals surface area contributed by atoms with Crippen molar-refractivity contribution < 1.29 is 22.7 Å². The number of anilines is 2. The molecule has 0 unspecified atom stereocenters. The van der Waals surface area contributed by atoms with Crippen LogP contribution in [0.4, 0.5) is 24.8 Å². The molecule has 1 aromatic carbocycles. The Morgan fingerprint density at radius 2 is 1.86 bits per heavy atom. The van der Waals surface area contributed by atoms with E-state index in [4.69, 9.17) is 26.3 Å². The monoisotopic (exact) mass is 709 g/mol. The summed E-state index contributed by atoms with van der Waals surface area (Å²) < 4.78 is 54.3. The van der Waals surface area contributed by atoms with E-state index in [9.17, 15) is 14.4 Å². The quantitative estimate of drug-likeness (QED) is 0.363. The predicted molar refractivity (Wildman–Crippen MR) is 180 cm³/mol. The second kappa shape index (κ2) is 12.0. The number of benzene rings is 1. The van der Waals surface area contributed by atoms with E-state index in [1.165, 1.54) is 4.90 Å². The molecule has 3 aromatic rings. The van der Waals surface area contributed by atoms with Crippen molar-refractivity contribution in [1.29, 1.82) is 5.26 Å². The molecule has 0 N–H and O–H groups in total. The average Bonchev–Trinajstić information content (AvgIpc) is 3.64. The largest absolute Gasteiger partial charge is 0.461 e. The maximum Gasteiger partial charge on any atom is 0.320 e. The van der Waals surface area contributed by atoms with Crippen molar-refractivity contribution >= 4 is 29.1 Å². The first kappa shape index (κ1) is 33.1. The van der Waals surface area contributed by atoms with Gasteiger partial charge in [0.2, 0.25) is 0 Å². The molecule has 6 heterocycles. The smallest absolute Gasteiger partial charge is 0.320 e. The van der Waals surface area contributed by atoms with Crippen LogP contribution in [-0.4, -0.2) is 107 Å². The van der Waals surface area contributed by atoms with E-state index in [1.54, 1.807) is 35.8 Å². The molecule has 3 fully saturated rings. The van der Waals surface area contributed by atoms with Crippen LogP contribution >= 0.6 is 11.6 Å². The van der Waals surface area contributed by atoms with Gasteiger partial charge in [-0.15, -0.1) is 0 Å². The van der Waals surface area contributed by atoms with Gasteiger partial charge in [0.25, 0.3) is 11.8 Å². The Morgan fingerprint density at radius 3 is 2.62 bits per heavy atom. The van der Waals surface area contributed by atoms with Crippen LogP contribution in [0.2, 0.25) is 5.02 Å². The van der Waals surface area contributed by atoms with Gasteiger partial charge in [0, 0.05) is 59.7 Å². The number of nitriles is 1. The van der Waals surface area contributed by atoms with E-state index in [0.29, 0.717) is 50.2 Å². The number of hydrogen-bond acceptors (Lipinski definition) is 9. The number of fused-ring (bicyclic) bond motifs is 4. The van der Waals surface area contributed by atoms with E-state index < -0.39 is 23.0 Å². The Labute approximate surface area is 293 Å². The molecule has 2 atom stereocenters. The third-order valence-electron chi connectivity index (χ3n) is 11.4. The van der Waals surface area contributed by atoms with Crippen LogP contribution in [0, 0.1) is 11.3 Å². The van der Waals surface area contributed by atoms with E-state index >= 15 is 8.78 Å². The van der Waals surface area contributed by atoms with Crippen LogP contribution in [0.15, 0.2) is 24.3 Å².